The normalized spacial score (nSPS) is 32.6. The highest BCUT2D eigenvalue weighted by Gasteiger charge is 2.53. The molecule has 0 saturated carbocycles. The van der Waals surface area contributed by atoms with E-state index in [0.29, 0.717) is 0 Å². The fourth-order valence-corrected chi connectivity index (χ4v) is 6.68. The van der Waals surface area contributed by atoms with Crippen LogP contribution in [0.15, 0.2) is 41.8 Å². The first-order valence-electron chi connectivity index (χ1n) is 16.5. The molecule has 0 spiro atoms. The van der Waals surface area contributed by atoms with Gasteiger partial charge in [-0.05, 0) is 19.9 Å². The van der Waals surface area contributed by atoms with Gasteiger partial charge in [0.25, 0.3) is 17.5 Å². The zero-order chi connectivity index (χ0) is 38.3. The molecule has 0 saturated heterocycles. The summed E-state index contributed by atoms with van der Waals surface area (Å²) in [6.07, 6.45) is 3.05. The van der Waals surface area contributed by atoms with Crippen LogP contribution in [0.1, 0.15) is 80.3 Å². The Morgan fingerprint density at radius 1 is 0.902 bits per heavy atom. The van der Waals surface area contributed by atoms with E-state index in [1.807, 2.05) is 0 Å². The van der Waals surface area contributed by atoms with Gasteiger partial charge >= 0.3 is 11.8 Å². The number of carbonyl (C=O) groups excluding carboxylic acids is 5. The standard InChI is InChI=1S/C37H45NO13/c1-15-11-10-12-16(2)36(47)38-26-30(43)24-23(31(44)32(26)45)25-34(20(6)29(24)42)51-37(8,35(25)46)49-14-13-22(48-9)17(3)33(50-21(7)39)19(5)28(41)18(4)27(15)40/h10-15,17-19,22,27-28,33,40-43H,1-9H3,(H,38,47)/b11-10+,14-13?,16-12?. The lowest BCUT2D eigenvalue weighted by Gasteiger charge is -2.38. The third-order valence-corrected chi connectivity index (χ3v) is 9.93. The second-order valence-electron chi connectivity index (χ2n) is 13.5. The quantitative estimate of drug-likeness (QED) is 0.220. The number of hydrogen-bond acceptors (Lipinski definition) is 13. The van der Waals surface area contributed by atoms with Crippen molar-refractivity contribution < 1.29 is 63.3 Å². The molecule has 5 rings (SSSR count). The summed E-state index contributed by atoms with van der Waals surface area (Å²) in [7, 11) is 1.40. The van der Waals surface area contributed by atoms with E-state index in [1.54, 1.807) is 33.8 Å². The number of rotatable bonds is 2. The topological polar surface area (TPSA) is 215 Å². The SMILES string of the molecule is COC1C=COC2(C)Oc3c(C)c(O)c4c(c3C2=O)C(=O)C(=O)C(=C4O)NC(=O)C(C)=C/C=C/C(C)C(O)C(C)C(O)C(C)C(OC(C)=O)C1C. The van der Waals surface area contributed by atoms with E-state index in [-0.39, 0.29) is 16.9 Å². The van der Waals surface area contributed by atoms with E-state index in [9.17, 15) is 44.4 Å². The van der Waals surface area contributed by atoms with Crippen molar-refractivity contribution in [2.75, 3.05) is 7.11 Å². The number of ether oxygens (including phenoxy) is 4. The largest absolute Gasteiger partial charge is 0.507 e. The number of methoxy groups -OCH3 is 1. The average molecular weight is 712 g/mol. The van der Waals surface area contributed by atoms with Crippen molar-refractivity contribution in [3.05, 3.63) is 64.1 Å². The number of aromatic hydroxyl groups is 1. The number of hydrogen-bond donors (Lipinski definition) is 5. The smallest absolute Gasteiger partial charge is 0.312 e. The van der Waals surface area contributed by atoms with Crippen LogP contribution < -0.4 is 10.1 Å². The monoisotopic (exact) mass is 711 g/mol. The highest BCUT2D eigenvalue weighted by atomic mass is 16.7. The summed E-state index contributed by atoms with van der Waals surface area (Å²) in [6.45, 7) is 12.0. The summed E-state index contributed by atoms with van der Waals surface area (Å²) in [5.41, 5.74) is -2.34. The molecule has 0 radical (unpaired) electrons. The van der Waals surface area contributed by atoms with Crippen LogP contribution in [0, 0.1) is 30.6 Å². The molecule has 14 nitrogen and oxygen atoms in total. The Morgan fingerprint density at radius 2 is 1.55 bits per heavy atom. The van der Waals surface area contributed by atoms with Gasteiger partial charge in [0, 0.05) is 55.8 Å². The zero-order valence-corrected chi connectivity index (χ0v) is 30.0. The van der Waals surface area contributed by atoms with Crippen molar-refractivity contribution in [1.29, 1.82) is 0 Å². The van der Waals surface area contributed by atoms with Gasteiger partial charge in [-0.25, -0.2) is 0 Å². The Kier molecular flexibility index (Phi) is 11.3. The van der Waals surface area contributed by atoms with Crippen molar-refractivity contribution in [1.82, 2.24) is 5.32 Å². The number of fused-ring (bicyclic) bond motifs is 14. The summed E-state index contributed by atoms with van der Waals surface area (Å²) >= 11 is 0. The molecule has 3 heterocycles. The van der Waals surface area contributed by atoms with Crippen LogP contribution in [-0.2, 0) is 28.6 Å². The van der Waals surface area contributed by atoms with E-state index in [2.05, 4.69) is 5.32 Å². The van der Waals surface area contributed by atoms with Crippen LogP contribution in [0.5, 0.6) is 11.5 Å². The predicted molar refractivity (Wildman–Crippen MR) is 181 cm³/mol. The second-order valence-corrected chi connectivity index (χ2v) is 13.5. The van der Waals surface area contributed by atoms with Gasteiger partial charge in [-0.1, -0.05) is 45.9 Å². The lowest BCUT2D eigenvalue weighted by molar-refractivity contribution is -0.160. The number of esters is 1. The third kappa shape index (κ3) is 7.08. The average Bonchev–Trinajstić information content (AvgIpc) is 3.35. The molecule has 5 bridgehead atoms. The third-order valence-electron chi connectivity index (χ3n) is 9.93. The van der Waals surface area contributed by atoms with E-state index in [0.717, 1.165) is 6.26 Å². The summed E-state index contributed by atoms with van der Waals surface area (Å²) in [4.78, 5) is 66.0. The maximum atomic E-state index is 13.9. The number of allylic oxidation sites excluding steroid dienone is 3. The molecule has 9 atom stereocenters. The Morgan fingerprint density at radius 3 is 2.16 bits per heavy atom. The number of aliphatic hydroxyl groups excluding tert-OH is 3. The predicted octanol–water partition coefficient (Wildman–Crippen LogP) is 3.36. The van der Waals surface area contributed by atoms with Crippen LogP contribution in [0.2, 0.25) is 0 Å². The van der Waals surface area contributed by atoms with Gasteiger partial charge in [-0.3, -0.25) is 24.0 Å². The van der Waals surface area contributed by atoms with Crippen LogP contribution in [0.25, 0.3) is 5.76 Å². The van der Waals surface area contributed by atoms with Crippen molar-refractivity contribution in [2.45, 2.75) is 85.6 Å². The summed E-state index contributed by atoms with van der Waals surface area (Å²) in [6, 6.07) is 0. The fourth-order valence-electron chi connectivity index (χ4n) is 6.68. The maximum Gasteiger partial charge on any atom is 0.312 e. The van der Waals surface area contributed by atoms with Crippen molar-refractivity contribution >= 4 is 35.0 Å². The number of phenols is 1. The molecular formula is C37H45NO13. The zero-order valence-electron chi connectivity index (χ0n) is 30.0. The molecule has 4 aliphatic rings. The molecule has 1 aliphatic carbocycles. The van der Waals surface area contributed by atoms with E-state index < -0.39 is 117 Å². The van der Waals surface area contributed by atoms with Gasteiger partial charge in [0.2, 0.25) is 5.78 Å². The molecule has 0 fully saturated rings. The lowest BCUT2D eigenvalue weighted by Crippen LogP contribution is -2.46. The van der Waals surface area contributed by atoms with Gasteiger partial charge < -0.3 is 44.7 Å². The molecule has 9 unspecified atom stereocenters. The first-order valence-corrected chi connectivity index (χ1v) is 16.5. The Labute approximate surface area is 295 Å². The molecule has 276 valence electrons. The molecule has 1 aromatic carbocycles. The molecular weight excluding hydrogens is 666 g/mol. The van der Waals surface area contributed by atoms with E-state index >= 15 is 0 Å². The molecule has 3 aliphatic heterocycles. The van der Waals surface area contributed by atoms with Crippen LogP contribution >= 0.6 is 0 Å². The van der Waals surface area contributed by atoms with Crippen LogP contribution in [0.4, 0.5) is 0 Å². The number of phenolic OH excluding ortho intramolecular Hbond substituents is 1. The van der Waals surface area contributed by atoms with Gasteiger partial charge in [0.1, 0.15) is 23.3 Å². The fraction of sp³-hybridized carbons (Fsp3) is 0.486. The first kappa shape index (κ1) is 39.0. The van der Waals surface area contributed by atoms with Gasteiger partial charge in [-0.2, -0.15) is 0 Å². The highest BCUT2D eigenvalue weighted by Crippen LogP contribution is 2.49. The maximum absolute atomic E-state index is 13.9. The van der Waals surface area contributed by atoms with Gasteiger partial charge in [-0.15, -0.1) is 0 Å². The van der Waals surface area contributed by atoms with Crippen LogP contribution in [-0.4, -0.2) is 87.0 Å². The molecule has 1 amide bonds. The number of Topliss-reactive ketones (excluding diaryl/α,β-unsaturated/α-hetero) is 3. The summed E-state index contributed by atoms with van der Waals surface area (Å²) < 4.78 is 23.0. The van der Waals surface area contributed by atoms with Crippen molar-refractivity contribution in [2.24, 2.45) is 23.7 Å². The Hall–Kier alpha value is -4.79. The number of nitrogens with one attached hydrogen (secondary N) is 1. The Bertz CT molecular complexity index is 1770. The van der Waals surface area contributed by atoms with E-state index in [4.69, 9.17) is 18.9 Å². The molecule has 14 heteroatoms. The van der Waals surface area contributed by atoms with Crippen molar-refractivity contribution in [3.8, 4) is 11.5 Å². The molecule has 0 aromatic heterocycles. The van der Waals surface area contributed by atoms with Crippen LogP contribution in [0.3, 0.4) is 0 Å². The minimum Gasteiger partial charge on any atom is -0.507 e. The number of aliphatic hydroxyl groups is 3. The first-order chi connectivity index (χ1) is 23.8. The summed E-state index contributed by atoms with van der Waals surface area (Å²) in [5.74, 6) is -11.5. The van der Waals surface area contributed by atoms with E-state index in [1.165, 1.54) is 53.0 Å². The second kappa shape index (κ2) is 14.8. The van der Waals surface area contributed by atoms with Gasteiger partial charge in [0.15, 0.2) is 5.76 Å². The number of amides is 1. The highest BCUT2D eigenvalue weighted by molar-refractivity contribution is 6.53. The minimum absolute atomic E-state index is 0.0419. The van der Waals surface area contributed by atoms with Crippen molar-refractivity contribution in [3.63, 3.8) is 0 Å². The minimum atomic E-state index is -2.12. The summed E-state index contributed by atoms with van der Waals surface area (Å²) in [5, 5.41) is 47.1. The number of benzene rings is 1. The molecule has 5 N–H and O–H groups in total. The molecule has 51 heavy (non-hydrogen) atoms. The molecule has 1 aromatic rings. The van der Waals surface area contributed by atoms with Gasteiger partial charge in [0.05, 0.1) is 41.3 Å². The lowest BCUT2D eigenvalue weighted by atomic mass is 9.78. The number of carbonyl (C=O) groups is 5. The number of ketones is 3. The Balaban J connectivity index is 1.88.